The molecule has 2 N–H and O–H groups in total. The van der Waals surface area contributed by atoms with Crippen LogP contribution in [-0.2, 0) is 4.79 Å². The number of hydrogen-bond donors (Lipinski definition) is 2. The lowest BCUT2D eigenvalue weighted by atomic mass is 10.2. The molecule has 0 spiro atoms. The molecule has 2 amide bonds. The highest BCUT2D eigenvalue weighted by molar-refractivity contribution is 5.92. The van der Waals surface area contributed by atoms with E-state index in [9.17, 15) is 9.59 Å². The molecule has 8 heteroatoms. The van der Waals surface area contributed by atoms with Crippen LogP contribution in [0.15, 0.2) is 30.5 Å². The first kappa shape index (κ1) is 17.5. The van der Waals surface area contributed by atoms with Gasteiger partial charge in [-0.25, -0.2) is 4.98 Å². The Kier molecular flexibility index (Phi) is 5.04. The summed E-state index contributed by atoms with van der Waals surface area (Å²) in [5, 5.41) is 9.77. The lowest BCUT2D eigenvalue weighted by Crippen LogP contribution is -2.49. The van der Waals surface area contributed by atoms with E-state index in [0.29, 0.717) is 37.7 Å². The number of anilines is 1. The molecule has 0 unspecified atom stereocenters. The molecule has 8 nitrogen and oxygen atoms in total. The monoisotopic (exact) mass is 368 g/mol. The predicted octanol–water partition coefficient (Wildman–Crippen LogP) is 1.15. The number of H-pyrrole nitrogens is 1. The Labute approximate surface area is 158 Å². The number of amides is 2. The van der Waals surface area contributed by atoms with E-state index in [1.54, 1.807) is 6.20 Å². The van der Waals surface area contributed by atoms with Gasteiger partial charge in [0.15, 0.2) is 0 Å². The molecule has 3 heterocycles. The molecule has 2 aromatic heterocycles. The van der Waals surface area contributed by atoms with Gasteiger partial charge in [0, 0.05) is 57.0 Å². The summed E-state index contributed by atoms with van der Waals surface area (Å²) in [6.45, 7) is 3.21. The summed E-state index contributed by atoms with van der Waals surface area (Å²) in [6.07, 6.45) is 4.40. The molecule has 4 rings (SSSR count). The van der Waals surface area contributed by atoms with Crippen molar-refractivity contribution in [2.45, 2.75) is 25.2 Å². The van der Waals surface area contributed by atoms with Crippen LogP contribution in [0.5, 0.6) is 0 Å². The Hall–Kier alpha value is -2.90. The van der Waals surface area contributed by atoms with Crippen molar-refractivity contribution in [1.29, 1.82) is 0 Å². The van der Waals surface area contributed by atoms with Gasteiger partial charge in [0.1, 0.15) is 11.5 Å². The number of nitrogens with one attached hydrogen (secondary N) is 2. The first-order valence-corrected chi connectivity index (χ1v) is 9.48. The molecular weight excluding hydrogens is 344 g/mol. The van der Waals surface area contributed by atoms with E-state index in [-0.39, 0.29) is 11.8 Å². The first-order valence-electron chi connectivity index (χ1n) is 9.48. The lowest BCUT2D eigenvalue weighted by Gasteiger charge is -2.35. The van der Waals surface area contributed by atoms with Crippen molar-refractivity contribution in [3.63, 3.8) is 0 Å². The molecular formula is C19H24N6O2. The summed E-state index contributed by atoms with van der Waals surface area (Å²) < 4.78 is 0. The molecule has 1 saturated heterocycles. The minimum Gasteiger partial charge on any atom is -0.353 e. The number of carbonyl (C=O) groups excluding carboxylic acids is 2. The summed E-state index contributed by atoms with van der Waals surface area (Å²) >= 11 is 0. The van der Waals surface area contributed by atoms with Crippen molar-refractivity contribution < 1.29 is 9.59 Å². The topological polar surface area (TPSA) is 94.2 Å². The Morgan fingerprint density at radius 2 is 2.00 bits per heavy atom. The average Bonchev–Trinajstić information content (AvgIpc) is 3.45. The molecule has 27 heavy (non-hydrogen) atoms. The third-order valence-corrected chi connectivity index (χ3v) is 5.08. The van der Waals surface area contributed by atoms with Gasteiger partial charge in [0.25, 0.3) is 5.91 Å². The van der Waals surface area contributed by atoms with E-state index in [1.807, 2.05) is 29.2 Å². The summed E-state index contributed by atoms with van der Waals surface area (Å²) in [5.41, 5.74) is 1.43. The SMILES string of the molecule is O=C(NCCC(=O)N1CCN(c2ccccn2)CC1)c1cc(C2CC2)[nH]n1. The van der Waals surface area contributed by atoms with Gasteiger partial charge in [-0.2, -0.15) is 5.10 Å². The molecule has 0 atom stereocenters. The smallest absolute Gasteiger partial charge is 0.271 e. The van der Waals surface area contributed by atoms with E-state index in [2.05, 4.69) is 25.4 Å². The second kappa shape index (κ2) is 7.77. The van der Waals surface area contributed by atoms with Gasteiger partial charge in [-0.1, -0.05) is 6.07 Å². The van der Waals surface area contributed by atoms with Crippen molar-refractivity contribution in [2.24, 2.45) is 0 Å². The Morgan fingerprint density at radius 3 is 2.70 bits per heavy atom. The summed E-state index contributed by atoms with van der Waals surface area (Å²) in [4.78, 5) is 32.9. The number of pyridine rings is 1. The second-order valence-corrected chi connectivity index (χ2v) is 7.04. The fourth-order valence-corrected chi connectivity index (χ4v) is 3.31. The third kappa shape index (κ3) is 4.27. The van der Waals surface area contributed by atoms with E-state index < -0.39 is 0 Å². The third-order valence-electron chi connectivity index (χ3n) is 5.08. The second-order valence-electron chi connectivity index (χ2n) is 7.04. The van der Waals surface area contributed by atoms with Crippen LogP contribution in [0.3, 0.4) is 0 Å². The zero-order valence-corrected chi connectivity index (χ0v) is 15.2. The highest BCUT2D eigenvalue weighted by Crippen LogP contribution is 2.38. The molecule has 2 aliphatic rings. The minimum atomic E-state index is -0.231. The molecule has 0 radical (unpaired) electrons. The van der Waals surface area contributed by atoms with Gasteiger partial charge in [-0.05, 0) is 31.0 Å². The van der Waals surface area contributed by atoms with Gasteiger partial charge in [0.2, 0.25) is 5.91 Å². The van der Waals surface area contributed by atoms with E-state index in [1.165, 1.54) is 0 Å². The molecule has 1 saturated carbocycles. The number of carbonyl (C=O) groups is 2. The molecule has 1 aliphatic carbocycles. The summed E-state index contributed by atoms with van der Waals surface area (Å²) in [5.74, 6) is 1.31. The average molecular weight is 368 g/mol. The molecule has 0 aromatic carbocycles. The van der Waals surface area contributed by atoms with Crippen molar-refractivity contribution in [1.82, 2.24) is 25.4 Å². The van der Waals surface area contributed by atoms with Gasteiger partial charge in [0.05, 0.1) is 0 Å². The molecule has 2 aromatic rings. The quantitative estimate of drug-likeness (QED) is 0.798. The van der Waals surface area contributed by atoms with Gasteiger partial charge in [-0.3, -0.25) is 14.7 Å². The standard InChI is InChI=1S/C19H24N6O2/c26-18(25-11-9-24(10-12-25)17-3-1-2-7-20-17)6-8-21-19(27)16-13-15(22-23-16)14-4-5-14/h1-3,7,13-14H,4-6,8-12H2,(H,21,27)(H,22,23). The van der Waals surface area contributed by atoms with Crippen LogP contribution in [0, 0.1) is 0 Å². The highest BCUT2D eigenvalue weighted by Gasteiger charge is 2.26. The van der Waals surface area contributed by atoms with Crippen molar-refractivity contribution in [3.05, 3.63) is 41.9 Å². The molecule has 1 aliphatic heterocycles. The Morgan fingerprint density at radius 1 is 1.19 bits per heavy atom. The maximum Gasteiger partial charge on any atom is 0.271 e. The summed E-state index contributed by atoms with van der Waals surface area (Å²) in [6, 6.07) is 7.66. The van der Waals surface area contributed by atoms with Gasteiger partial charge < -0.3 is 15.1 Å². The number of nitrogens with zero attached hydrogens (tertiary/aromatic N) is 4. The number of piperazine rings is 1. The Bertz CT molecular complexity index is 794. The van der Waals surface area contributed by atoms with Crippen LogP contribution in [0.2, 0.25) is 0 Å². The zero-order chi connectivity index (χ0) is 18.6. The number of aromatic amines is 1. The first-order chi connectivity index (χ1) is 13.2. The number of hydrogen-bond acceptors (Lipinski definition) is 5. The Balaban J connectivity index is 1.19. The largest absolute Gasteiger partial charge is 0.353 e. The van der Waals surface area contributed by atoms with E-state index in [0.717, 1.165) is 37.4 Å². The van der Waals surface area contributed by atoms with Crippen LogP contribution in [0.4, 0.5) is 5.82 Å². The highest BCUT2D eigenvalue weighted by atomic mass is 16.2. The molecule has 142 valence electrons. The fourth-order valence-electron chi connectivity index (χ4n) is 3.31. The minimum absolute atomic E-state index is 0.0664. The van der Waals surface area contributed by atoms with E-state index >= 15 is 0 Å². The van der Waals surface area contributed by atoms with Crippen molar-refractivity contribution in [2.75, 3.05) is 37.6 Å². The number of rotatable bonds is 6. The van der Waals surface area contributed by atoms with E-state index in [4.69, 9.17) is 0 Å². The van der Waals surface area contributed by atoms with Crippen LogP contribution in [-0.4, -0.2) is 64.6 Å². The van der Waals surface area contributed by atoms with Gasteiger partial charge >= 0.3 is 0 Å². The zero-order valence-electron chi connectivity index (χ0n) is 15.2. The van der Waals surface area contributed by atoms with Crippen LogP contribution >= 0.6 is 0 Å². The fraction of sp³-hybridized carbons (Fsp3) is 0.474. The van der Waals surface area contributed by atoms with Gasteiger partial charge in [-0.15, -0.1) is 0 Å². The van der Waals surface area contributed by atoms with Crippen LogP contribution in [0.1, 0.15) is 41.4 Å². The van der Waals surface area contributed by atoms with Crippen LogP contribution in [0.25, 0.3) is 0 Å². The van der Waals surface area contributed by atoms with Crippen LogP contribution < -0.4 is 10.2 Å². The lowest BCUT2D eigenvalue weighted by molar-refractivity contribution is -0.131. The molecule has 0 bridgehead atoms. The van der Waals surface area contributed by atoms with Crippen molar-refractivity contribution in [3.8, 4) is 0 Å². The summed E-state index contributed by atoms with van der Waals surface area (Å²) in [7, 11) is 0. The van der Waals surface area contributed by atoms with Crippen molar-refractivity contribution >= 4 is 17.6 Å². The predicted molar refractivity (Wildman–Crippen MR) is 101 cm³/mol. The molecule has 2 fully saturated rings. The number of aromatic nitrogens is 3. The normalized spacial score (nSPS) is 17.0. The maximum absolute atomic E-state index is 12.4. The maximum atomic E-state index is 12.4.